The Morgan fingerprint density at radius 1 is 1.39 bits per heavy atom. The van der Waals surface area contributed by atoms with E-state index < -0.39 is 5.91 Å². The van der Waals surface area contributed by atoms with Gasteiger partial charge in [0, 0.05) is 13.1 Å². The Morgan fingerprint density at radius 2 is 2.17 bits per heavy atom. The monoisotopic (exact) mass is 248 g/mol. The van der Waals surface area contributed by atoms with E-state index in [2.05, 4.69) is 19.9 Å². The second-order valence-electron chi connectivity index (χ2n) is 3.96. The zero-order valence-electron chi connectivity index (χ0n) is 9.59. The summed E-state index contributed by atoms with van der Waals surface area (Å²) in [6, 6.07) is 0. The fourth-order valence-corrected chi connectivity index (χ4v) is 1.83. The molecule has 1 amide bonds. The van der Waals surface area contributed by atoms with E-state index in [1.54, 1.807) is 6.20 Å². The Morgan fingerprint density at radius 3 is 2.89 bits per heavy atom. The normalized spacial score (nSPS) is 16.1. The molecule has 94 valence electrons. The Hall–Kier alpha value is -2.22. The Bertz CT molecular complexity index is 589. The number of ether oxygens (including phenoxy) is 1. The highest BCUT2D eigenvalue weighted by atomic mass is 16.5. The molecule has 0 unspecified atom stereocenters. The van der Waals surface area contributed by atoms with Crippen LogP contribution in [0.2, 0.25) is 0 Å². The third-order valence-electron chi connectivity index (χ3n) is 2.75. The second-order valence-corrected chi connectivity index (χ2v) is 3.96. The zero-order chi connectivity index (χ0) is 12.5. The number of carbonyl (C=O) groups is 1. The number of carbonyl (C=O) groups excluding carboxylic acids is 1. The molecule has 1 saturated heterocycles. The maximum absolute atomic E-state index is 11.0. The van der Waals surface area contributed by atoms with Crippen LogP contribution in [-0.4, -0.2) is 52.1 Å². The molecule has 3 rings (SSSR count). The van der Waals surface area contributed by atoms with Gasteiger partial charge < -0.3 is 20.4 Å². The maximum Gasteiger partial charge on any atom is 0.284 e. The molecule has 0 aliphatic carbocycles. The molecule has 8 nitrogen and oxygen atoms in total. The second kappa shape index (κ2) is 4.22. The van der Waals surface area contributed by atoms with E-state index in [4.69, 9.17) is 10.5 Å². The molecule has 0 radical (unpaired) electrons. The number of amides is 1. The van der Waals surface area contributed by atoms with Crippen molar-refractivity contribution in [2.24, 2.45) is 5.73 Å². The predicted molar refractivity (Wildman–Crippen MR) is 63.2 cm³/mol. The van der Waals surface area contributed by atoms with E-state index in [1.165, 1.54) is 0 Å². The van der Waals surface area contributed by atoms with Crippen LogP contribution in [0.15, 0.2) is 6.20 Å². The van der Waals surface area contributed by atoms with Crippen molar-refractivity contribution in [1.82, 2.24) is 19.9 Å². The number of nitrogens with one attached hydrogen (secondary N) is 1. The average Bonchev–Trinajstić information content (AvgIpc) is 2.82. The molecule has 3 heterocycles. The standard InChI is InChI=1S/C10H12N6O2/c11-7(17)9-13-6-5-12-10(15-8(6)14-9)16-1-3-18-4-2-16/h5H,1-4H2,(H2,11,17)(H,12,13,14,15). The Labute approximate surface area is 102 Å². The lowest BCUT2D eigenvalue weighted by Crippen LogP contribution is -2.37. The molecule has 18 heavy (non-hydrogen) atoms. The molecule has 1 fully saturated rings. The minimum atomic E-state index is -0.610. The number of aromatic nitrogens is 4. The van der Waals surface area contributed by atoms with Gasteiger partial charge in [-0.05, 0) is 0 Å². The SMILES string of the molecule is NC(=O)c1nc2nc(N3CCOCC3)ncc2[nH]1. The van der Waals surface area contributed by atoms with Gasteiger partial charge in [0.2, 0.25) is 5.95 Å². The highest BCUT2D eigenvalue weighted by Gasteiger charge is 2.16. The van der Waals surface area contributed by atoms with Crippen molar-refractivity contribution in [1.29, 1.82) is 0 Å². The first kappa shape index (κ1) is 10.9. The van der Waals surface area contributed by atoms with E-state index in [9.17, 15) is 4.79 Å². The first-order valence-corrected chi connectivity index (χ1v) is 5.59. The molecule has 0 saturated carbocycles. The summed E-state index contributed by atoms with van der Waals surface area (Å²) < 4.78 is 5.26. The van der Waals surface area contributed by atoms with E-state index in [0.29, 0.717) is 30.3 Å². The van der Waals surface area contributed by atoms with Crippen molar-refractivity contribution >= 4 is 23.0 Å². The van der Waals surface area contributed by atoms with Crippen LogP contribution in [0.4, 0.5) is 5.95 Å². The third-order valence-corrected chi connectivity index (χ3v) is 2.75. The number of nitrogens with two attached hydrogens (primary N) is 1. The highest BCUT2D eigenvalue weighted by molar-refractivity contribution is 5.92. The maximum atomic E-state index is 11.0. The summed E-state index contributed by atoms with van der Waals surface area (Å²) in [4.78, 5) is 28.4. The minimum Gasteiger partial charge on any atom is -0.378 e. The lowest BCUT2D eigenvalue weighted by atomic mass is 10.4. The van der Waals surface area contributed by atoms with Gasteiger partial charge in [-0.1, -0.05) is 0 Å². The van der Waals surface area contributed by atoms with E-state index >= 15 is 0 Å². The first-order valence-electron chi connectivity index (χ1n) is 5.59. The van der Waals surface area contributed by atoms with Gasteiger partial charge in [-0.3, -0.25) is 4.79 Å². The van der Waals surface area contributed by atoms with Crippen molar-refractivity contribution in [3.8, 4) is 0 Å². The molecule has 3 N–H and O–H groups in total. The molecule has 0 bridgehead atoms. The first-order chi connectivity index (χ1) is 8.74. The van der Waals surface area contributed by atoms with Crippen LogP contribution in [0.5, 0.6) is 0 Å². The number of H-pyrrole nitrogens is 1. The molecule has 1 aliphatic rings. The molecule has 8 heteroatoms. The number of morpholine rings is 1. The Balaban J connectivity index is 1.96. The molecule has 1 aliphatic heterocycles. The summed E-state index contributed by atoms with van der Waals surface area (Å²) in [6.45, 7) is 2.82. The van der Waals surface area contributed by atoms with Gasteiger partial charge in [0.15, 0.2) is 11.5 Å². The summed E-state index contributed by atoms with van der Waals surface area (Å²) in [5.74, 6) is 0.0765. The van der Waals surface area contributed by atoms with Crippen LogP contribution in [0.25, 0.3) is 11.2 Å². The number of fused-ring (bicyclic) bond motifs is 1. The lowest BCUT2D eigenvalue weighted by Gasteiger charge is -2.26. The van der Waals surface area contributed by atoms with Gasteiger partial charge in [0.1, 0.15) is 5.52 Å². The van der Waals surface area contributed by atoms with Crippen LogP contribution in [0.1, 0.15) is 10.6 Å². The number of aromatic amines is 1. The van der Waals surface area contributed by atoms with Crippen LogP contribution >= 0.6 is 0 Å². The molecule has 0 spiro atoms. The van der Waals surface area contributed by atoms with Gasteiger partial charge >= 0.3 is 0 Å². The third kappa shape index (κ3) is 1.86. The quantitative estimate of drug-likeness (QED) is 0.726. The number of hydrogen-bond donors (Lipinski definition) is 2. The van der Waals surface area contributed by atoms with Crippen molar-refractivity contribution in [3.05, 3.63) is 12.0 Å². The fraction of sp³-hybridized carbons (Fsp3) is 0.400. The Kier molecular flexibility index (Phi) is 2.56. The fourth-order valence-electron chi connectivity index (χ4n) is 1.83. The predicted octanol–water partition coefficient (Wildman–Crippen LogP) is -0.712. The number of rotatable bonds is 2. The van der Waals surface area contributed by atoms with Crippen molar-refractivity contribution in [2.75, 3.05) is 31.2 Å². The van der Waals surface area contributed by atoms with Gasteiger partial charge in [0.05, 0.1) is 19.4 Å². The summed E-state index contributed by atoms with van der Waals surface area (Å²) >= 11 is 0. The average molecular weight is 248 g/mol. The van der Waals surface area contributed by atoms with Gasteiger partial charge in [-0.2, -0.15) is 4.98 Å². The van der Waals surface area contributed by atoms with Crippen molar-refractivity contribution < 1.29 is 9.53 Å². The van der Waals surface area contributed by atoms with Crippen LogP contribution in [0, 0.1) is 0 Å². The molecule has 0 atom stereocenters. The van der Waals surface area contributed by atoms with Crippen LogP contribution in [0.3, 0.4) is 0 Å². The van der Waals surface area contributed by atoms with Crippen LogP contribution < -0.4 is 10.6 Å². The zero-order valence-corrected chi connectivity index (χ0v) is 9.59. The van der Waals surface area contributed by atoms with Crippen molar-refractivity contribution in [3.63, 3.8) is 0 Å². The number of primary amides is 1. The number of hydrogen-bond acceptors (Lipinski definition) is 6. The summed E-state index contributed by atoms with van der Waals surface area (Å²) in [5, 5.41) is 0. The van der Waals surface area contributed by atoms with E-state index in [-0.39, 0.29) is 5.82 Å². The summed E-state index contributed by atoms with van der Waals surface area (Å²) in [6.07, 6.45) is 1.60. The molecule has 0 aromatic carbocycles. The van der Waals surface area contributed by atoms with Gasteiger partial charge in [-0.25, -0.2) is 9.97 Å². The lowest BCUT2D eigenvalue weighted by molar-refractivity contribution is 0.0991. The molecule has 2 aromatic rings. The number of imidazole rings is 1. The smallest absolute Gasteiger partial charge is 0.284 e. The van der Waals surface area contributed by atoms with Gasteiger partial charge in [0.25, 0.3) is 5.91 Å². The summed E-state index contributed by atoms with van der Waals surface area (Å²) in [5.41, 5.74) is 6.19. The summed E-state index contributed by atoms with van der Waals surface area (Å²) in [7, 11) is 0. The van der Waals surface area contributed by atoms with Crippen LogP contribution in [-0.2, 0) is 4.74 Å². The van der Waals surface area contributed by atoms with E-state index in [0.717, 1.165) is 13.1 Å². The van der Waals surface area contributed by atoms with Gasteiger partial charge in [-0.15, -0.1) is 0 Å². The minimum absolute atomic E-state index is 0.0958. The van der Waals surface area contributed by atoms with E-state index in [1.807, 2.05) is 4.90 Å². The molecule has 2 aromatic heterocycles. The largest absolute Gasteiger partial charge is 0.378 e. The number of anilines is 1. The highest BCUT2D eigenvalue weighted by Crippen LogP contribution is 2.14. The van der Waals surface area contributed by atoms with Crippen molar-refractivity contribution in [2.45, 2.75) is 0 Å². The molecular weight excluding hydrogens is 236 g/mol. The topological polar surface area (TPSA) is 110 Å². The molecular formula is C10H12N6O2. The number of nitrogens with zero attached hydrogens (tertiary/aromatic N) is 4.